The van der Waals surface area contributed by atoms with Gasteiger partial charge in [0.1, 0.15) is 12.7 Å². The minimum atomic E-state index is 0.0466. The molecule has 0 aliphatic carbocycles. The number of hydrogen-bond acceptors (Lipinski definition) is 4. The van der Waals surface area contributed by atoms with Crippen LogP contribution in [0.15, 0.2) is 36.9 Å². The van der Waals surface area contributed by atoms with Crippen molar-refractivity contribution in [2.45, 2.75) is 25.3 Å². The Morgan fingerprint density at radius 1 is 1.40 bits per heavy atom. The van der Waals surface area contributed by atoms with E-state index in [0.29, 0.717) is 12.5 Å². The number of amides is 1. The summed E-state index contributed by atoms with van der Waals surface area (Å²) in [6, 6.07) is 7.95. The van der Waals surface area contributed by atoms with Crippen molar-refractivity contribution in [3.8, 4) is 5.69 Å². The molecular formula is C14H17N5O. The molecule has 1 saturated heterocycles. The van der Waals surface area contributed by atoms with E-state index in [0.717, 1.165) is 30.8 Å². The molecule has 6 heteroatoms. The van der Waals surface area contributed by atoms with Crippen LogP contribution in [0.2, 0.25) is 0 Å². The Bertz CT molecular complexity index is 575. The second-order valence-corrected chi connectivity index (χ2v) is 4.97. The van der Waals surface area contributed by atoms with Gasteiger partial charge in [-0.3, -0.25) is 9.36 Å². The summed E-state index contributed by atoms with van der Waals surface area (Å²) in [5.74, 6) is 0.0466. The van der Waals surface area contributed by atoms with Gasteiger partial charge in [-0.15, -0.1) is 10.2 Å². The number of benzene rings is 1. The van der Waals surface area contributed by atoms with E-state index in [1.165, 1.54) is 0 Å². The number of rotatable bonds is 4. The van der Waals surface area contributed by atoms with E-state index in [1.54, 1.807) is 17.2 Å². The van der Waals surface area contributed by atoms with E-state index in [4.69, 9.17) is 0 Å². The molecule has 0 spiro atoms. The molecule has 1 fully saturated rings. The number of carbonyl (C=O) groups excluding carboxylic acids is 1. The molecule has 1 aliphatic rings. The van der Waals surface area contributed by atoms with Gasteiger partial charge in [-0.25, -0.2) is 0 Å². The van der Waals surface area contributed by atoms with Crippen LogP contribution < -0.4 is 10.6 Å². The zero-order valence-corrected chi connectivity index (χ0v) is 11.1. The molecule has 2 heterocycles. The summed E-state index contributed by atoms with van der Waals surface area (Å²) in [5, 5.41) is 13.8. The van der Waals surface area contributed by atoms with Gasteiger partial charge in [0.15, 0.2) is 0 Å². The third kappa shape index (κ3) is 3.03. The maximum atomic E-state index is 12.0. The fourth-order valence-corrected chi connectivity index (χ4v) is 2.45. The monoisotopic (exact) mass is 271 g/mol. The second kappa shape index (κ2) is 5.83. The highest BCUT2D eigenvalue weighted by Gasteiger charge is 2.17. The summed E-state index contributed by atoms with van der Waals surface area (Å²) >= 11 is 0. The minimum absolute atomic E-state index is 0.0466. The minimum Gasteiger partial charge on any atom is -0.326 e. The summed E-state index contributed by atoms with van der Waals surface area (Å²) in [4.78, 5) is 12.0. The lowest BCUT2D eigenvalue weighted by atomic mass is 10.1. The first-order chi connectivity index (χ1) is 9.81. The van der Waals surface area contributed by atoms with E-state index in [9.17, 15) is 4.79 Å². The molecule has 20 heavy (non-hydrogen) atoms. The van der Waals surface area contributed by atoms with E-state index in [2.05, 4.69) is 20.8 Å². The Hall–Kier alpha value is -2.21. The smallest absolute Gasteiger partial charge is 0.225 e. The zero-order chi connectivity index (χ0) is 13.8. The van der Waals surface area contributed by atoms with Crippen molar-refractivity contribution in [3.05, 3.63) is 36.9 Å². The molecule has 1 unspecified atom stereocenters. The molecule has 1 aliphatic heterocycles. The van der Waals surface area contributed by atoms with Crippen molar-refractivity contribution in [1.82, 2.24) is 20.1 Å². The average molecular weight is 271 g/mol. The third-order valence-electron chi connectivity index (χ3n) is 3.44. The van der Waals surface area contributed by atoms with Crippen molar-refractivity contribution in [2.75, 3.05) is 11.9 Å². The maximum Gasteiger partial charge on any atom is 0.225 e. The maximum absolute atomic E-state index is 12.0. The molecule has 0 radical (unpaired) electrons. The van der Waals surface area contributed by atoms with Crippen LogP contribution in [0.5, 0.6) is 0 Å². The molecule has 0 bridgehead atoms. The fourth-order valence-electron chi connectivity index (χ4n) is 2.45. The van der Waals surface area contributed by atoms with Gasteiger partial charge in [0.25, 0.3) is 0 Å². The van der Waals surface area contributed by atoms with Gasteiger partial charge in [-0.1, -0.05) is 6.07 Å². The van der Waals surface area contributed by atoms with Crippen LogP contribution in [0.4, 0.5) is 5.69 Å². The molecule has 6 nitrogen and oxygen atoms in total. The third-order valence-corrected chi connectivity index (χ3v) is 3.44. The normalized spacial score (nSPS) is 18.1. The van der Waals surface area contributed by atoms with Crippen LogP contribution in [0.3, 0.4) is 0 Å². The summed E-state index contributed by atoms with van der Waals surface area (Å²) in [6.07, 6.45) is 6.01. The van der Waals surface area contributed by atoms with Gasteiger partial charge in [0, 0.05) is 18.2 Å². The van der Waals surface area contributed by atoms with Crippen LogP contribution in [0.1, 0.15) is 19.3 Å². The van der Waals surface area contributed by atoms with Crippen LogP contribution in [0.25, 0.3) is 5.69 Å². The highest BCUT2D eigenvalue weighted by atomic mass is 16.1. The predicted molar refractivity (Wildman–Crippen MR) is 75.6 cm³/mol. The molecule has 1 aromatic heterocycles. The largest absolute Gasteiger partial charge is 0.326 e. The van der Waals surface area contributed by atoms with Crippen molar-refractivity contribution in [3.63, 3.8) is 0 Å². The fraction of sp³-hybridized carbons (Fsp3) is 0.357. The summed E-state index contributed by atoms with van der Waals surface area (Å²) < 4.78 is 1.80. The number of carbonyl (C=O) groups is 1. The number of hydrogen-bond donors (Lipinski definition) is 2. The molecule has 1 amide bonds. The zero-order valence-electron chi connectivity index (χ0n) is 11.1. The first kappa shape index (κ1) is 12.8. The standard InChI is InChI=1S/C14H17N5O/c20-14(8-11-4-2-6-15-11)18-12-3-1-5-13(7-12)19-9-16-17-10-19/h1,3,5,7,9-11,15H,2,4,6,8H2,(H,18,20). The SMILES string of the molecule is O=C(CC1CCCN1)Nc1cccc(-n2cnnc2)c1. The van der Waals surface area contributed by atoms with Crippen molar-refractivity contribution < 1.29 is 4.79 Å². The lowest BCUT2D eigenvalue weighted by Crippen LogP contribution is -2.27. The van der Waals surface area contributed by atoms with Crippen molar-refractivity contribution in [2.24, 2.45) is 0 Å². The number of aromatic nitrogens is 3. The van der Waals surface area contributed by atoms with Gasteiger partial charge in [0.05, 0.1) is 5.69 Å². The summed E-state index contributed by atoms with van der Waals surface area (Å²) in [7, 11) is 0. The molecule has 3 rings (SSSR count). The van der Waals surface area contributed by atoms with Gasteiger partial charge in [0.2, 0.25) is 5.91 Å². The molecule has 2 aromatic rings. The Morgan fingerprint density at radius 2 is 2.25 bits per heavy atom. The van der Waals surface area contributed by atoms with Crippen LogP contribution in [-0.2, 0) is 4.79 Å². The first-order valence-electron chi connectivity index (χ1n) is 6.79. The molecular weight excluding hydrogens is 254 g/mol. The highest BCUT2D eigenvalue weighted by molar-refractivity contribution is 5.91. The van der Waals surface area contributed by atoms with Gasteiger partial charge in [-0.2, -0.15) is 0 Å². The average Bonchev–Trinajstić information content (AvgIpc) is 3.11. The van der Waals surface area contributed by atoms with Gasteiger partial charge < -0.3 is 10.6 Å². The van der Waals surface area contributed by atoms with Crippen LogP contribution in [0, 0.1) is 0 Å². The highest BCUT2D eigenvalue weighted by Crippen LogP contribution is 2.15. The Kier molecular flexibility index (Phi) is 3.73. The molecule has 2 N–H and O–H groups in total. The van der Waals surface area contributed by atoms with Crippen molar-refractivity contribution in [1.29, 1.82) is 0 Å². The Labute approximate surface area is 117 Å². The molecule has 1 atom stereocenters. The lowest BCUT2D eigenvalue weighted by Gasteiger charge is -2.11. The number of nitrogens with one attached hydrogen (secondary N) is 2. The number of anilines is 1. The Balaban J connectivity index is 1.65. The summed E-state index contributed by atoms with van der Waals surface area (Å²) in [6.45, 7) is 1.01. The van der Waals surface area contributed by atoms with Crippen LogP contribution in [-0.4, -0.2) is 33.3 Å². The van der Waals surface area contributed by atoms with E-state index in [1.807, 2.05) is 24.3 Å². The summed E-state index contributed by atoms with van der Waals surface area (Å²) in [5.41, 5.74) is 1.71. The number of nitrogens with zero attached hydrogens (tertiary/aromatic N) is 3. The van der Waals surface area contributed by atoms with Gasteiger partial charge >= 0.3 is 0 Å². The molecule has 104 valence electrons. The topological polar surface area (TPSA) is 71.8 Å². The van der Waals surface area contributed by atoms with E-state index >= 15 is 0 Å². The quantitative estimate of drug-likeness (QED) is 0.880. The molecule has 1 aromatic carbocycles. The lowest BCUT2D eigenvalue weighted by molar-refractivity contribution is -0.116. The second-order valence-electron chi connectivity index (χ2n) is 4.97. The Morgan fingerprint density at radius 3 is 3.00 bits per heavy atom. The van der Waals surface area contributed by atoms with Crippen molar-refractivity contribution >= 4 is 11.6 Å². The first-order valence-corrected chi connectivity index (χ1v) is 6.79. The van der Waals surface area contributed by atoms with E-state index in [-0.39, 0.29) is 5.91 Å². The van der Waals surface area contributed by atoms with Gasteiger partial charge in [-0.05, 0) is 37.6 Å². The predicted octanol–water partition coefficient (Wildman–Crippen LogP) is 1.35. The van der Waals surface area contributed by atoms with Crippen LogP contribution >= 0.6 is 0 Å². The molecule has 0 saturated carbocycles. The van der Waals surface area contributed by atoms with E-state index < -0.39 is 0 Å².